The lowest BCUT2D eigenvalue weighted by Gasteiger charge is -2.29. The van der Waals surface area contributed by atoms with Gasteiger partial charge in [0.25, 0.3) is 6.47 Å². The van der Waals surface area contributed by atoms with E-state index in [0.717, 1.165) is 29.8 Å². The lowest BCUT2D eigenvalue weighted by Crippen LogP contribution is -2.36. The van der Waals surface area contributed by atoms with E-state index in [4.69, 9.17) is 16.4 Å². The summed E-state index contributed by atoms with van der Waals surface area (Å²) < 4.78 is 4.55. The van der Waals surface area contributed by atoms with Gasteiger partial charge in [0.05, 0.1) is 0 Å². The maximum atomic E-state index is 9.60. The van der Waals surface area contributed by atoms with E-state index >= 15 is 0 Å². The van der Waals surface area contributed by atoms with E-state index in [1.54, 1.807) is 0 Å². The monoisotopic (exact) mass is 327 g/mol. The van der Waals surface area contributed by atoms with Crippen LogP contribution in [0.25, 0.3) is 0 Å². The number of piperidine rings is 1. The lowest BCUT2D eigenvalue weighted by atomic mass is 10.0. The third-order valence-corrected chi connectivity index (χ3v) is 3.32. The molecule has 1 heterocycles. The van der Waals surface area contributed by atoms with Crippen molar-refractivity contribution in [1.82, 2.24) is 5.06 Å². The van der Waals surface area contributed by atoms with Crippen LogP contribution >= 0.6 is 11.6 Å². The molecule has 1 aromatic carbocycles. The fourth-order valence-electron chi connectivity index (χ4n) is 2.02. The van der Waals surface area contributed by atoms with E-state index in [9.17, 15) is 4.79 Å². The molecule has 0 N–H and O–H groups in total. The molecule has 0 bridgehead atoms. The van der Waals surface area contributed by atoms with Gasteiger partial charge in [0, 0.05) is 18.1 Å². The number of hydroxylamine groups is 2. The van der Waals surface area contributed by atoms with Gasteiger partial charge < -0.3 is 9.57 Å². The van der Waals surface area contributed by atoms with Crippen molar-refractivity contribution >= 4 is 18.1 Å². The van der Waals surface area contributed by atoms with Crippen LogP contribution in [0, 0.1) is 5.92 Å². The maximum absolute atomic E-state index is 9.60. The molecule has 0 radical (unpaired) electrons. The van der Waals surface area contributed by atoms with Crippen molar-refractivity contribution in [3.8, 4) is 5.75 Å². The van der Waals surface area contributed by atoms with Gasteiger partial charge in [-0.25, -0.2) is 0 Å². The molecule has 1 unspecified atom stereocenters. The summed E-state index contributed by atoms with van der Waals surface area (Å²) in [4.78, 5) is 15.4. The normalized spacial score (nSPS) is 18.9. The Morgan fingerprint density at radius 3 is 2.36 bits per heavy atom. The quantitative estimate of drug-likeness (QED) is 0.775. The molecule has 124 valence electrons. The number of carbonyl (C=O) groups is 1. The molecule has 1 aromatic rings. The van der Waals surface area contributed by atoms with Gasteiger partial charge in [0.1, 0.15) is 11.4 Å². The number of hydrogen-bond acceptors (Lipinski definition) is 4. The molecule has 1 saturated heterocycles. The van der Waals surface area contributed by atoms with Gasteiger partial charge >= 0.3 is 0 Å². The predicted octanol–water partition coefficient (Wildman–Crippen LogP) is 4.32. The second-order valence-electron chi connectivity index (χ2n) is 6.51. The Hall–Kier alpha value is -1.26. The van der Waals surface area contributed by atoms with Gasteiger partial charge in [-0.1, -0.05) is 18.5 Å². The SMILES string of the molecule is CC(C)(C)OC=O.CC1CCCN(Oc2ccc(Cl)cc2)C1. The summed E-state index contributed by atoms with van der Waals surface area (Å²) in [5, 5.41) is 2.78. The second-order valence-corrected chi connectivity index (χ2v) is 6.94. The van der Waals surface area contributed by atoms with E-state index in [1.165, 1.54) is 12.8 Å². The van der Waals surface area contributed by atoms with Crippen molar-refractivity contribution in [2.45, 2.75) is 46.1 Å². The van der Waals surface area contributed by atoms with E-state index in [2.05, 4.69) is 11.7 Å². The number of nitrogens with zero attached hydrogens (tertiary/aromatic N) is 1. The van der Waals surface area contributed by atoms with E-state index < -0.39 is 0 Å². The first-order valence-electron chi connectivity index (χ1n) is 7.60. The first kappa shape index (κ1) is 18.8. The maximum Gasteiger partial charge on any atom is 0.293 e. The van der Waals surface area contributed by atoms with Crippen molar-refractivity contribution in [2.24, 2.45) is 5.92 Å². The number of ether oxygens (including phenoxy) is 1. The van der Waals surface area contributed by atoms with E-state index in [0.29, 0.717) is 6.47 Å². The van der Waals surface area contributed by atoms with Crippen LogP contribution < -0.4 is 4.84 Å². The molecule has 2 rings (SSSR count). The van der Waals surface area contributed by atoms with Crippen molar-refractivity contribution in [1.29, 1.82) is 0 Å². The minimum Gasteiger partial charge on any atom is -0.462 e. The molecule has 0 aliphatic carbocycles. The highest BCUT2D eigenvalue weighted by Crippen LogP contribution is 2.20. The standard InChI is InChI=1S/C12H16ClNO.C5H10O2/c1-10-3-2-8-14(9-10)15-12-6-4-11(13)5-7-12;1-5(2,3)7-4-6/h4-7,10H,2-3,8-9H2,1H3;4H,1-3H3. The third-order valence-electron chi connectivity index (χ3n) is 3.07. The van der Waals surface area contributed by atoms with Crippen LogP contribution in [-0.4, -0.2) is 30.2 Å². The van der Waals surface area contributed by atoms with Crippen LogP contribution in [0.15, 0.2) is 24.3 Å². The average Bonchev–Trinajstić information content (AvgIpc) is 2.41. The highest BCUT2D eigenvalue weighted by Gasteiger charge is 2.17. The van der Waals surface area contributed by atoms with Crippen molar-refractivity contribution < 1.29 is 14.4 Å². The summed E-state index contributed by atoms with van der Waals surface area (Å²) in [5.74, 6) is 1.60. The van der Waals surface area contributed by atoms with Gasteiger partial charge in [0.15, 0.2) is 0 Å². The molecule has 5 heteroatoms. The molecular weight excluding hydrogens is 302 g/mol. The molecule has 0 aromatic heterocycles. The Morgan fingerprint density at radius 2 is 1.91 bits per heavy atom. The molecule has 0 saturated carbocycles. The minimum atomic E-state index is -0.318. The van der Waals surface area contributed by atoms with Crippen LogP contribution in [-0.2, 0) is 9.53 Å². The third kappa shape index (κ3) is 8.25. The predicted molar refractivity (Wildman–Crippen MR) is 89.0 cm³/mol. The zero-order valence-electron chi connectivity index (χ0n) is 13.8. The molecule has 0 spiro atoms. The number of benzene rings is 1. The van der Waals surface area contributed by atoms with Crippen LogP contribution in [0.1, 0.15) is 40.5 Å². The van der Waals surface area contributed by atoms with Crippen molar-refractivity contribution in [3.63, 3.8) is 0 Å². The average molecular weight is 328 g/mol. The first-order chi connectivity index (χ1) is 10.3. The second kappa shape index (κ2) is 9.01. The zero-order chi connectivity index (χ0) is 16.6. The topological polar surface area (TPSA) is 38.8 Å². The molecular formula is C17H26ClNO3. The van der Waals surface area contributed by atoms with E-state index in [-0.39, 0.29) is 5.60 Å². The van der Waals surface area contributed by atoms with Gasteiger partial charge in [-0.05, 0) is 63.8 Å². The summed E-state index contributed by atoms with van der Waals surface area (Å²) in [6.45, 7) is 10.2. The van der Waals surface area contributed by atoms with Crippen LogP contribution in [0.2, 0.25) is 5.02 Å². The summed E-state index contributed by atoms with van der Waals surface area (Å²) in [6, 6.07) is 7.51. The Balaban J connectivity index is 0.000000295. The minimum absolute atomic E-state index is 0.318. The van der Waals surface area contributed by atoms with Crippen LogP contribution in [0.3, 0.4) is 0 Å². The number of halogens is 1. The first-order valence-corrected chi connectivity index (χ1v) is 7.98. The van der Waals surface area contributed by atoms with Gasteiger partial charge in [-0.15, -0.1) is 5.06 Å². The van der Waals surface area contributed by atoms with Gasteiger partial charge in [-0.2, -0.15) is 0 Å². The van der Waals surface area contributed by atoms with Gasteiger partial charge in [-0.3, -0.25) is 4.79 Å². The molecule has 1 aliphatic heterocycles. The highest BCUT2D eigenvalue weighted by molar-refractivity contribution is 6.30. The Labute approximate surface area is 138 Å². The summed E-state index contributed by atoms with van der Waals surface area (Å²) in [5.41, 5.74) is -0.318. The van der Waals surface area contributed by atoms with Crippen molar-refractivity contribution in [3.05, 3.63) is 29.3 Å². The zero-order valence-corrected chi connectivity index (χ0v) is 14.6. The fourth-order valence-corrected chi connectivity index (χ4v) is 2.14. The Bertz CT molecular complexity index is 442. The van der Waals surface area contributed by atoms with Gasteiger partial charge in [0.2, 0.25) is 0 Å². The molecule has 1 aliphatic rings. The van der Waals surface area contributed by atoms with Crippen molar-refractivity contribution in [2.75, 3.05) is 13.1 Å². The molecule has 22 heavy (non-hydrogen) atoms. The molecule has 0 amide bonds. The molecule has 1 fully saturated rings. The van der Waals surface area contributed by atoms with Crippen LogP contribution in [0.5, 0.6) is 5.75 Å². The summed E-state index contributed by atoms with van der Waals surface area (Å²) in [6.07, 6.45) is 2.52. The molecule has 4 nitrogen and oxygen atoms in total. The fraction of sp³-hybridized carbons (Fsp3) is 0.588. The van der Waals surface area contributed by atoms with E-state index in [1.807, 2.05) is 50.1 Å². The number of carbonyl (C=O) groups excluding carboxylic acids is 1. The lowest BCUT2D eigenvalue weighted by molar-refractivity contribution is -0.138. The smallest absolute Gasteiger partial charge is 0.293 e. The Morgan fingerprint density at radius 1 is 1.27 bits per heavy atom. The molecule has 1 atom stereocenters. The highest BCUT2D eigenvalue weighted by atomic mass is 35.5. The largest absolute Gasteiger partial charge is 0.462 e. The summed E-state index contributed by atoms with van der Waals surface area (Å²) >= 11 is 5.81. The van der Waals surface area contributed by atoms with Crippen LogP contribution in [0.4, 0.5) is 0 Å². The Kier molecular flexibility index (Phi) is 7.69. The number of hydrogen-bond donors (Lipinski definition) is 0. The number of rotatable bonds is 3. The summed E-state index contributed by atoms with van der Waals surface area (Å²) in [7, 11) is 0.